The van der Waals surface area contributed by atoms with E-state index in [1.165, 1.54) is 22.7 Å². The first-order valence-electron chi connectivity index (χ1n) is 6.30. The van der Waals surface area contributed by atoms with Crippen molar-refractivity contribution in [1.29, 1.82) is 0 Å². The monoisotopic (exact) mass is 253 g/mol. The molecule has 0 saturated heterocycles. The van der Waals surface area contributed by atoms with E-state index in [1.807, 2.05) is 12.1 Å². The van der Waals surface area contributed by atoms with Gasteiger partial charge in [-0.1, -0.05) is 42.5 Å². The van der Waals surface area contributed by atoms with Gasteiger partial charge < -0.3 is 5.73 Å². The van der Waals surface area contributed by atoms with Crippen LogP contribution in [-0.2, 0) is 0 Å². The molecule has 1 aromatic heterocycles. The maximum Gasteiger partial charge on any atom is 0.162 e. The van der Waals surface area contributed by atoms with Crippen LogP contribution < -0.4 is 5.73 Å². The zero-order valence-electron chi connectivity index (χ0n) is 10.5. The number of benzene rings is 2. The smallest absolute Gasteiger partial charge is 0.162 e. The van der Waals surface area contributed by atoms with Gasteiger partial charge in [0, 0.05) is 0 Å². The number of nitrogens with zero attached hydrogens (tertiary/aromatic N) is 4. The quantitative estimate of drug-likeness (QED) is 0.769. The molecular formula is C14H15N5. The molecule has 0 fully saturated rings. The molecule has 0 saturated carbocycles. The van der Waals surface area contributed by atoms with Gasteiger partial charge in [-0.3, -0.25) is 0 Å². The summed E-state index contributed by atoms with van der Waals surface area (Å²) in [6, 6.07) is 14.6. The number of rotatable bonds is 4. The van der Waals surface area contributed by atoms with Gasteiger partial charge in [-0.05, 0) is 34.5 Å². The second-order valence-electron chi connectivity index (χ2n) is 4.42. The summed E-state index contributed by atoms with van der Waals surface area (Å²) in [5, 5.41) is 14.4. The van der Waals surface area contributed by atoms with Gasteiger partial charge in [0.05, 0.1) is 0 Å². The number of nitrogens with two attached hydrogens (primary N) is 1. The topological polar surface area (TPSA) is 69.6 Å². The Bertz CT molecular complexity index is 657. The summed E-state index contributed by atoms with van der Waals surface area (Å²) in [4.78, 5) is 1.63. The molecule has 0 aliphatic carbocycles. The van der Waals surface area contributed by atoms with Crippen LogP contribution in [0.5, 0.6) is 0 Å². The van der Waals surface area contributed by atoms with Gasteiger partial charge in [0.1, 0.15) is 6.04 Å². The molecule has 19 heavy (non-hydrogen) atoms. The normalized spacial score (nSPS) is 12.7. The number of hydrogen-bond donors (Lipinski definition) is 1. The van der Waals surface area contributed by atoms with E-state index in [1.54, 1.807) is 4.80 Å². The standard InChI is InChI=1S/C14H15N5/c15-9-8-14(19-17-10-16-18-19)13-7-3-5-11-4-1-2-6-12(11)13/h1-7,10,14H,8-9,15H2. The van der Waals surface area contributed by atoms with E-state index in [2.05, 4.69) is 45.7 Å². The molecule has 5 nitrogen and oxygen atoms in total. The van der Waals surface area contributed by atoms with Crippen molar-refractivity contribution in [2.75, 3.05) is 6.54 Å². The van der Waals surface area contributed by atoms with Crippen LogP contribution >= 0.6 is 0 Å². The van der Waals surface area contributed by atoms with Crippen LogP contribution in [0.25, 0.3) is 10.8 Å². The van der Waals surface area contributed by atoms with Crippen LogP contribution in [0.15, 0.2) is 48.8 Å². The van der Waals surface area contributed by atoms with Crippen molar-refractivity contribution < 1.29 is 0 Å². The second-order valence-corrected chi connectivity index (χ2v) is 4.42. The lowest BCUT2D eigenvalue weighted by Crippen LogP contribution is -2.18. The molecule has 5 heteroatoms. The molecule has 2 N–H and O–H groups in total. The number of tetrazole rings is 1. The third kappa shape index (κ3) is 2.20. The minimum Gasteiger partial charge on any atom is -0.330 e. The Labute approximate surface area is 111 Å². The minimum atomic E-state index is 0.0265. The Morgan fingerprint density at radius 2 is 1.95 bits per heavy atom. The van der Waals surface area contributed by atoms with Crippen LogP contribution in [-0.4, -0.2) is 26.8 Å². The molecule has 3 aromatic rings. The molecule has 1 heterocycles. The average Bonchev–Trinajstić information content (AvgIpc) is 2.98. The van der Waals surface area contributed by atoms with Gasteiger partial charge >= 0.3 is 0 Å². The fourth-order valence-electron chi connectivity index (χ4n) is 2.41. The van der Waals surface area contributed by atoms with Crippen molar-refractivity contribution in [3.05, 3.63) is 54.4 Å². The number of aromatic nitrogens is 4. The van der Waals surface area contributed by atoms with E-state index in [0.717, 1.165) is 6.42 Å². The van der Waals surface area contributed by atoms with Crippen LogP contribution in [0.4, 0.5) is 0 Å². The molecule has 96 valence electrons. The van der Waals surface area contributed by atoms with Gasteiger partial charge in [0.25, 0.3) is 0 Å². The molecule has 0 radical (unpaired) electrons. The van der Waals surface area contributed by atoms with Crippen molar-refractivity contribution in [3.8, 4) is 0 Å². The highest BCUT2D eigenvalue weighted by atomic mass is 15.6. The Kier molecular flexibility index (Phi) is 3.20. The summed E-state index contributed by atoms with van der Waals surface area (Å²) < 4.78 is 0. The lowest BCUT2D eigenvalue weighted by atomic mass is 9.97. The average molecular weight is 253 g/mol. The Hall–Kier alpha value is -2.27. The molecule has 0 aliphatic heterocycles. The second kappa shape index (κ2) is 5.16. The van der Waals surface area contributed by atoms with Gasteiger partial charge in [-0.25, -0.2) is 0 Å². The zero-order valence-corrected chi connectivity index (χ0v) is 10.5. The molecule has 0 spiro atoms. The van der Waals surface area contributed by atoms with Crippen LogP contribution in [0.3, 0.4) is 0 Å². The summed E-state index contributed by atoms with van der Waals surface area (Å²) in [6.07, 6.45) is 2.24. The molecule has 0 aliphatic rings. The lowest BCUT2D eigenvalue weighted by molar-refractivity contribution is 0.433. The van der Waals surface area contributed by atoms with Crippen molar-refractivity contribution in [2.45, 2.75) is 12.5 Å². The Morgan fingerprint density at radius 3 is 2.74 bits per heavy atom. The molecule has 3 rings (SSSR count). The van der Waals surface area contributed by atoms with Gasteiger partial charge in [0.2, 0.25) is 0 Å². The van der Waals surface area contributed by atoms with E-state index in [9.17, 15) is 0 Å². The van der Waals surface area contributed by atoms with E-state index >= 15 is 0 Å². The lowest BCUT2D eigenvalue weighted by Gasteiger charge is -2.17. The minimum absolute atomic E-state index is 0.0265. The van der Waals surface area contributed by atoms with Crippen LogP contribution in [0.1, 0.15) is 18.0 Å². The van der Waals surface area contributed by atoms with Crippen LogP contribution in [0, 0.1) is 0 Å². The SMILES string of the molecule is NCCC(c1cccc2ccccc12)n1ncnn1. The van der Waals surface area contributed by atoms with Gasteiger partial charge in [-0.15, -0.1) is 10.2 Å². The van der Waals surface area contributed by atoms with Gasteiger partial charge in [-0.2, -0.15) is 4.80 Å². The first kappa shape index (κ1) is 11.8. The molecule has 0 bridgehead atoms. The fraction of sp³-hybridized carbons (Fsp3) is 0.214. The Morgan fingerprint density at radius 1 is 1.11 bits per heavy atom. The Balaban J connectivity index is 2.15. The summed E-state index contributed by atoms with van der Waals surface area (Å²) >= 11 is 0. The van der Waals surface area contributed by atoms with Crippen molar-refractivity contribution >= 4 is 10.8 Å². The molecule has 0 amide bonds. The van der Waals surface area contributed by atoms with Crippen molar-refractivity contribution in [1.82, 2.24) is 20.2 Å². The zero-order chi connectivity index (χ0) is 13.1. The van der Waals surface area contributed by atoms with E-state index in [-0.39, 0.29) is 6.04 Å². The molecule has 1 atom stereocenters. The maximum absolute atomic E-state index is 5.73. The predicted octanol–water partition coefficient (Wildman–Crippen LogP) is 1.76. The first-order valence-corrected chi connectivity index (χ1v) is 6.30. The predicted molar refractivity (Wildman–Crippen MR) is 73.6 cm³/mol. The third-order valence-corrected chi connectivity index (χ3v) is 3.27. The third-order valence-electron chi connectivity index (χ3n) is 3.27. The summed E-state index contributed by atoms with van der Waals surface area (Å²) in [7, 11) is 0. The van der Waals surface area contributed by atoms with E-state index in [0.29, 0.717) is 6.54 Å². The maximum atomic E-state index is 5.73. The highest BCUT2D eigenvalue weighted by molar-refractivity contribution is 5.86. The highest BCUT2D eigenvalue weighted by Gasteiger charge is 2.17. The van der Waals surface area contributed by atoms with E-state index in [4.69, 9.17) is 5.73 Å². The number of fused-ring (bicyclic) bond motifs is 1. The summed E-state index contributed by atoms with van der Waals surface area (Å²) in [5.74, 6) is 0. The first-order chi connectivity index (χ1) is 9.40. The van der Waals surface area contributed by atoms with Crippen LogP contribution in [0.2, 0.25) is 0 Å². The van der Waals surface area contributed by atoms with Gasteiger partial charge in [0.15, 0.2) is 6.33 Å². The summed E-state index contributed by atoms with van der Waals surface area (Å²) in [6.45, 7) is 0.579. The van der Waals surface area contributed by atoms with Crippen molar-refractivity contribution in [3.63, 3.8) is 0 Å². The number of hydrogen-bond acceptors (Lipinski definition) is 4. The largest absolute Gasteiger partial charge is 0.330 e. The highest BCUT2D eigenvalue weighted by Crippen LogP contribution is 2.27. The molecule has 1 unspecified atom stereocenters. The fourth-order valence-corrected chi connectivity index (χ4v) is 2.41. The molecule has 2 aromatic carbocycles. The molecular weight excluding hydrogens is 238 g/mol. The van der Waals surface area contributed by atoms with E-state index < -0.39 is 0 Å². The van der Waals surface area contributed by atoms with Crippen molar-refractivity contribution in [2.24, 2.45) is 5.73 Å². The summed E-state index contributed by atoms with van der Waals surface area (Å²) in [5.41, 5.74) is 6.91.